The molecule has 1 saturated heterocycles. The Hall–Kier alpha value is -4.58. The van der Waals surface area contributed by atoms with Gasteiger partial charge in [-0.3, -0.25) is 9.89 Å². The molecule has 1 amide bonds. The van der Waals surface area contributed by atoms with Gasteiger partial charge in [0.2, 0.25) is 5.95 Å². The summed E-state index contributed by atoms with van der Waals surface area (Å²) in [6.07, 6.45) is -2.80. The fourth-order valence-electron chi connectivity index (χ4n) is 4.85. The first-order valence-electron chi connectivity index (χ1n) is 12.4. The second-order valence-electron chi connectivity index (χ2n) is 9.46. The standard InChI is InChI=1S/C27H25F3N8O/c1-15-10-16-14-32-37-21(16)12-20(15)33-25(39)17-11-22-23(13-24(17)38-8-6-31-7-9-38)36-26(35-22)34-19-5-3-2-4-18(19)27(28,29)30/h2-5,10-14,31H,6-9H2,1H3,(H,32,37)(H,33,39)(H2,34,35,36). The summed E-state index contributed by atoms with van der Waals surface area (Å²) in [6, 6.07) is 12.5. The summed E-state index contributed by atoms with van der Waals surface area (Å²) in [5, 5.41) is 17.0. The summed E-state index contributed by atoms with van der Waals surface area (Å²) in [5.74, 6) is -0.168. The van der Waals surface area contributed by atoms with Gasteiger partial charge in [-0.05, 0) is 48.9 Å². The molecule has 5 N–H and O–H groups in total. The smallest absolute Gasteiger partial charge is 0.368 e. The van der Waals surface area contributed by atoms with E-state index < -0.39 is 11.7 Å². The summed E-state index contributed by atoms with van der Waals surface area (Å²) >= 11 is 0. The molecule has 0 bridgehead atoms. The van der Waals surface area contributed by atoms with Gasteiger partial charge < -0.3 is 25.8 Å². The number of anilines is 4. The molecule has 1 aliphatic rings. The number of aromatic nitrogens is 4. The molecule has 3 heterocycles. The van der Waals surface area contributed by atoms with E-state index in [1.807, 2.05) is 25.1 Å². The number of hydrogen-bond donors (Lipinski definition) is 5. The normalized spacial score (nSPS) is 14.2. The molecule has 1 fully saturated rings. The molecule has 6 rings (SSSR count). The third-order valence-electron chi connectivity index (χ3n) is 6.82. The molecule has 12 heteroatoms. The molecule has 0 aliphatic carbocycles. The van der Waals surface area contributed by atoms with Crippen LogP contribution in [0.15, 0.2) is 54.7 Å². The van der Waals surface area contributed by atoms with Gasteiger partial charge in [-0.1, -0.05) is 12.1 Å². The summed E-state index contributed by atoms with van der Waals surface area (Å²) in [7, 11) is 0. The number of aryl methyl sites for hydroxylation is 1. The molecule has 200 valence electrons. The van der Waals surface area contributed by atoms with Gasteiger partial charge in [0.1, 0.15) is 0 Å². The van der Waals surface area contributed by atoms with Crippen LogP contribution in [0.1, 0.15) is 21.5 Å². The predicted molar refractivity (Wildman–Crippen MR) is 145 cm³/mol. The van der Waals surface area contributed by atoms with Crippen molar-refractivity contribution in [3.8, 4) is 0 Å². The zero-order valence-corrected chi connectivity index (χ0v) is 20.9. The Morgan fingerprint density at radius 2 is 1.82 bits per heavy atom. The van der Waals surface area contributed by atoms with E-state index in [2.05, 4.69) is 41.0 Å². The minimum absolute atomic E-state index is 0.117. The van der Waals surface area contributed by atoms with Crippen LogP contribution in [0, 0.1) is 6.92 Å². The number of piperazine rings is 1. The van der Waals surface area contributed by atoms with E-state index in [0.29, 0.717) is 41.1 Å². The Labute approximate surface area is 220 Å². The number of fused-ring (bicyclic) bond motifs is 2. The number of benzene rings is 3. The van der Waals surface area contributed by atoms with E-state index in [1.54, 1.807) is 12.3 Å². The first-order chi connectivity index (χ1) is 18.8. The fraction of sp³-hybridized carbons (Fsp3) is 0.222. The molecule has 5 aromatic rings. The molecule has 3 aromatic carbocycles. The van der Waals surface area contributed by atoms with Crippen molar-refractivity contribution >= 4 is 50.9 Å². The fourth-order valence-corrected chi connectivity index (χ4v) is 4.85. The van der Waals surface area contributed by atoms with Crippen LogP contribution in [0.5, 0.6) is 0 Å². The van der Waals surface area contributed by atoms with E-state index in [9.17, 15) is 18.0 Å². The number of nitrogens with one attached hydrogen (secondary N) is 5. The second kappa shape index (κ2) is 9.62. The van der Waals surface area contributed by atoms with Crippen LogP contribution in [-0.4, -0.2) is 52.3 Å². The van der Waals surface area contributed by atoms with Gasteiger partial charge in [0.15, 0.2) is 0 Å². The third kappa shape index (κ3) is 4.86. The van der Waals surface area contributed by atoms with Gasteiger partial charge in [-0.15, -0.1) is 0 Å². The number of carbonyl (C=O) groups is 1. The van der Waals surface area contributed by atoms with Crippen molar-refractivity contribution in [3.05, 3.63) is 71.4 Å². The van der Waals surface area contributed by atoms with Crippen LogP contribution in [0.25, 0.3) is 21.9 Å². The maximum atomic E-state index is 13.6. The van der Waals surface area contributed by atoms with Crippen LogP contribution >= 0.6 is 0 Å². The largest absolute Gasteiger partial charge is 0.418 e. The number of hydrogen-bond acceptors (Lipinski definition) is 6. The number of halogens is 3. The number of alkyl halides is 3. The number of rotatable bonds is 5. The summed E-state index contributed by atoms with van der Waals surface area (Å²) in [6.45, 7) is 4.83. The number of nitrogens with zero attached hydrogens (tertiary/aromatic N) is 3. The Balaban J connectivity index is 1.38. The zero-order chi connectivity index (χ0) is 27.1. The van der Waals surface area contributed by atoms with E-state index in [0.717, 1.165) is 35.6 Å². The molecule has 0 unspecified atom stereocenters. The predicted octanol–water partition coefficient (Wildman–Crippen LogP) is 5.17. The first kappa shape index (κ1) is 24.7. The lowest BCUT2D eigenvalue weighted by Gasteiger charge is -2.31. The Morgan fingerprint density at radius 3 is 2.62 bits per heavy atom. The number of aromatic amines is 2. The minimum atomic E-state index is -4.52. The van der Waals surface area contributed by atoms with Crippen LogP contribution in [0.3, 0.4) is 0 Å². The minimum Gasteiger partial charge on any atom is -0.368 e. The highest BCUT2D eigenvalue weighted by atomic mass is 19.4. The average Bonchev–Trinajstić information content (AvgIpc) is 3.53. The topological polar surface area (TPSA) is 114 Å². The summed E-state index contributed by atoms with van der Waals surface area (Å²) in [4.78, 5) is 23.3. The van der Waals surface area contributed by atoms with Crippen LogP contribution in [0.4, 0.5) is 36.2 Å². The number of carbonyl (C=O) groups excluding carboxylic acids is 1. The molecule has 9 nitrogen and oxygen atoms in total. The molecule has 1 aliphatic heterocycles. The molecular formula is C27H25F3N8O. The molecule has 2 aromatic heterocycles. The molecular weight excluding hydrogens is 509 g/mol. The summed E-state index contributed by atoms with van der Waals surface area (Å²) in [5.41, 5.74) is 3.61. The van der Waals surface area contributed by atoms with Gasteiger partial charge in [-0.2, -0.15) is 18.3 Å². The Morgan fingerprint density at radius 1 is 1.03 bits per heavy atom. The second-order valence-corrected chi connectivity index (χ2v) is 9.46. The van der Waals surface area contributed by atoms with Crippen molar-refractivity contribution < 1.29 is 18.0 Å². The van der Waals surface area contributed by atoms with Crippen molar-refractivity contribution in [2.75, 3.05) is 41.7 Å². The highest BCUT2D eigenvalue weighted by Gasteiger charge is 2.33. The number of para-hydroxylation sites is 1. The Kier molecular flexibility index (Phi) is 6.10. The van der Waals surface area contributed by atoms with E-state index >= 15 is 0 Å². The van der Waals surface area contributed by atoms with E-state index in [1.165, 1.54) is 18.2 Å². The van der Waals surface area contributed by atoms with Crippen molar-refractivity contribution in [2.24, 2.45) is 0 Å². The Bertz CT molecular complexity index is 1680. The van der Waals surface area contributed by atoms with Crippen molar-refractivity contribution in [1.82, 2.24) is 25.5 Å². The maximum Gasteiger partial charge on any atom is 0.418 e. The number of imidazole rings is 1. The van der Waals surface area contributed by atoms with Crippen LogP contribution in [0.2, 0.25) is 0 Å². The van der Waals surface area contributed by atoms with Crippen molar-refractivity contribution in [1.29, 1.82) is 0 Å². The SMILES string of the molecule is Cc1cc2cn[nH]c2cc1NC(=O)c1cc2nc(Nc3ccccc3C(F)(F)F)[nH]c2cc1N1CCNCC1. The first-order valence-corrected chi connectivity index (χ1v) is 12.4. The molecule has 0 atom stereocenters. The van der Waals surface area contributed by atoms with Crippen molar-refractivity contribution in [2.45, 2.75) is 13.1 Å². The lowest BCUT2D eigenvalue weighted by atomic mass is 10.1. The van der Waals surface area contributed by atoms with E-state index in [4.69, 9.17) is 0 Å². The highest BCUT2D eigenvalue weighted by molar-refractivity contribution is 6.11. The quantitative estimate of drug-likeness (QED) is 0.213. The van der Waals surface area contributed by atoms with Crippen LogP contribution < -0.4 is 20.9 Å². The lowest BCUT2D eigenvalue weighted by molar-refractivity contribution is -0.136. The number of H-pyrrole nitrogens is 2. The van der Waals surface area contributed by atoms with Gasteiger partial charge >= 0.3 is 6.18 Å². The van der Waals surface area contributed by atoms with Gasteiger partial charge in [0.05, 0.1) is 45.2 Å². The molecule has 39 heavy (non-hydrogen) atoms. The molecule has 0 saturated carbocycles. The van der Waals surface area contributed by atoms with E-state index in [-0.39, 0.29) is 17.5 Å². The van der Waals surface area contributed by atoms with Gasteiger partial charge in [0, 0.05) is 37.3 Å². The lowest BCUT2D eigenvalue weighted by Crippen LogP contribution is -2.44. The molecule has 0 spiro atoms. The van der Waals surface area contributed by atoms with Crippen LogP contribution in [-0.2, 0) is 6.18 Å². The maximum absolute atomic E-state index is 13.6. The third-order valence-corrected chi connectivity index (χ3v) is 6.82. The van der Waals surface area contributed by atoms with Gasteiger partial charge in [-0.25, -0.2) is 4.98 Å². The average molecular weight is 535 g/mol. The zero-order valence-electron chi connectivity index (χ0n) is 20.9. The van der Waals surface area contributed by atoms with Crippen molar-refractivity contribution in [3.63, 3.8) is 0 Å². The monoisotopic (exact) mass is 534 g/mol. The number of amides is 1. The van der Waals surface area contributed by atoms with Gasteiger partial charge in [0.25, 0.3) is 5.91 Å². The highest BCUT2D eigenvalue weighted by Crippen LogP contribution is 2.36. The summed E-state index contributed by atoms with van der Waals surface area (Å²) < 4.78 is 40.5. The molecule has 0 radical (unpaired) electrons.